The molecule has 0 saturated carbocycles. The van der Waals surface area contributed by atoms with Gasteiger partial charge in [0.05, 0.1) is 17.0 Å². The summed E-state index contributed by atoms with van der Waals surface area (Å²) in [5.74, 6) is 0. The van der Waals surface area contributed by atoms with Gasteiger partial charge in [-0.2, -0.15) is 0 Å². The van der Waals surface area contributed by atoms with Crippen molar-refractivity contribution in [1.82, 2.24) is 0 Å². The van der Waals surface area contributed by atoms with Crippen LogP contribution in [0.1, 0.15) is 12.5 Å². The van der Waals surface area contributed by atoms with Crippen LogP contribution in [0, 0.1) is 10.4 Å². The fourth-order valence-corrected chi connectivity index (χ4v) is 2.67. The number of fused-ring (bicyclic) bond motifs is 1. The van der Waals surface area contributed by atoms with Gasteiger partial charge in [0.1, 0.15) is 0 Å². The summed E-state index contributed by atoms with van der Waals surface area (Å²) in [5, 5.41) is 27.1. The third-order valence-corrected chi connectivity index (χ3v) is 3.90. The van der Waals surface area contributed by atoms with Crippen LogP contribution < -0.4 is 10.1 Å². The SMILES string of the molecule is CC1(Cc2ccc(Cl)cc2)N([O-])c2ccccc2N1[O-]. The minimum atomic E-state index is -1.17. The molecule has 0 bridgehead atoms. The summed E-state index contributed by atoms with van der Waals surface area (Å²) < 4.78 is 0. The Balaban J connectivity index is 1.95. The lowest BCUT2D eigenvalue weighted by Gasteiger charge is -2.50. The largest absolute Gasteiger partial charge is 0.757 e. The molecule has 0 aromatic heterocycles. The molecule has 0 spiro atoms. The number of hydrogen-bond acceptors (Lipinski definition) is 4. The molecule has 0 amide bonds. The van der Waals surface area contributed by atoms with Crippen molar-refractivity contribution in [2.75, 3.05) is 10.1 Å². The molecule has 0 atom stereocenters. The smallest absolute Gasteiger partial charge is 0.0937 e. The van der Waals surface area contributed by atoms with Crippen molar-refractivity contribution in [3.8, 4) is 0 Å². The molecule has 20 heavy (non-hydrogen) atoms. The average Bonchev–Trinajstić information content (AvgIpc) is 2.65. The van der Waals surface area contributed by atoms with Gasteiger partial charge in [0.25, 0.3) is 0 Å². The maximum atomic E-state index is 12.4. The monoisotopic (exact) mass is 288 g/mol. The predicted molar refractivity (Wildman–Crippen MR) is 81.7 cm³/mol. The second kappa shape index (κ2) is 4.66. The summed E-state index contributed by atoms with van der Waals surface area (Å²) in [6, 6.07) is 14.0. The fourth-order valence-electron chi connectivity index (χ4n) is 2.54. The van der Waals surface area contributed by atoms with Gasteiger partial charge in [-0.25, -0.2) is 0 Å². The van der Waals surface area contributed by atoms with Gasteiger partial charge < -0.3 is 20.5 Å². The first kappa shape index (κ1) is 13.2. The van der Waals surface area contributed by atoms with E-state index in [2.05, 4.69) is 0 Å². The Bertz CT molecular complexity index is 601. The third kappa shape index (κ3) is 1.93. The van der Waals surface area contributed by atoms with E-state index in [9.17, 15) is 10.4 Å². The number of rotatable bonds is 2. The summed E-state index contributed by atoms with van der Waals surface area (Å²) in [6.07, 6.45) is 0.325. The maximum Gasteiger partial charge on any atom is 0.0937 e. The Hall–Kier alpha value is -1.75. The summed E-state index contributed by atoms with van der Waals surface area (Å²) in [5.41, 5.74) is 0.557. The highest BCUT2D eigenvalue weighted by Gasteiger charge is 2.36. The number of para-hydroxylation sites is 2. The Morgan fingerprint density at radius 1 is 0.950 bits per heavy atom. The Morgan fingerprint density at radius 2 is 1.45 bits per heavy atom. The molecule has 0 fully saturated rings. The van der Waals surface area contributed by atoms with Crippen molar-refractivity contribution >= 4 is 23.0 Å². The van der Waals surface area contributed by atoms with E-state index in [1.165, 1.54) is 0 Å². The Labute approximate surface area is 122 Å². The van der Waals surface area contributed by atoms with Crippen molar-refractivity contribution in [2.45, 2.75) is 19.0 Å². The van der Waals surface area contributed by atoms with E-state index in [0.29, 0.717) is 22.8 Å². The number of anilines is 2. The molecule has 2 aromatic rings. The van der Waals surface area contributed by atoms with Crippen LogP contribution in [0.15, 0.2) is 48.5 Å². The van der Waals surface area contributed by atoms with E-state index in [0.717, 1.165) is 15.7 Å². The standard InChI is InChI=1S/C15H13ClN2O2/c1-15(10-11-6-8-12(16)9-7-11)17(19)13-4-2-3-5-14(13)18(15)20/h2-9H,10H2,1H3/q-2. The van der Waals surface area contributed by atoms with Crippen LogP contribution in [0.2, 0.25) is 5.02 Å². The lowest BCUT2D eigenvalue weighted by atomic mass is 10.0. The van der Waals surface area contributed by atoms with Gasteiger partial charge in [0, 0.05) is 11.4 Å². The summed E-state index contributed by atoms with van der Waals surface area (Å²) >= 11 is 5.85. The molecule has 0 saturated heterocycles. The van der Waals surface area contributed by atoms with E-state index in [4.69, 9.17) is 11.6 Å². The van der Waals surface area contributed by atoms with Crippen LogP contribution in [-0.2, 0) is 6.42 Å². The minimum absolute atomic E-state index is 0.325. The van der Waals surface area contributed by atoms with Crippen LogP contribution in [-0.4, -0.2) is 5.66 Å². The van der Waals surface area contributed by atoms with Crippen LogP contribution in [0.5, 0.6) is 0 Å². The van der Waals surface area contributed by atoms with Crippen molar-refractivity contribution in [1.29, 1.82) is 0 Å². The Morgan fingerprint density at radius 3 is 1.95 bits per heavy atom. The molecule has 104 valence electrons. The first-order valence-electron chi connectivity index (χ1n) is 6.30. The van der Waals surface area contributed by atoms with Crippen molar-refractivity contribution in [3.05, 3.63) is 69.5 Å². The van der Waals surface area contributed by atoms with Gasteiger partial charge in [0.15, 0.2) is 0 Å². The number of halogens is 1. The first-order valence-corrected chi connectivity index (χ1v) is 6.68. The summed E-state index contributed by atoms with van der Waals surface area (Å²) in [6.45, 7) is 1.65. The zero-order valence-electron chi connectivity index (χ0n) is 10.9. The zero-order chi connectivity index (χ0) is 14.3. The summed E-state index contributed by atoms with van der Waals surface area (Å²) in [7, 11) is 0. The molecule has 1 aliphatic rings. The van der Waals surface area contributed by atoms with Gasteiger partial charge in [-0.15, -0.1) is 0 Å². The number of nitrogens with zero attached hydrogens (tertiary/aromatic N) is 2. The molecule has 0 unspecified atom stereocenters. The minimum Gasteiger partial charge on any atom is -0.757 e. The van der Waals surface area contributed by atoms with Crippen LogP contribution in [0.4, 0.5) is 11.4 Å². The lowest BCUT2D eigenvalue weighted by molar-refractivity contribution is 0.479. The van der Waals surface area contributed by atoms with Crippen LogP contribution >= 0.6 is 11.6 Å². The van der Waals surface area contributed by atoms with E-state index in [1.54, 1.807) is 43.3 Å². The second-order valence-corrected chi connectivity index (χ2v) is 5.53. The average molecular weight is 289 g/mol. The lowest BCUT2D eigenvalue weighted by Crippen LogP contribution is -2.52. The highest BCUT2D eigenvalue weighted by atomic mass is 35.5. The molecule has 0 radical (unpaired) electrons. The van der Waals surface area contributed by atoms with Gasteiger partial charge >= 0.3 is 0 Å². The highest BCUT2D eigenvalue weighted by molar-refractivity contribution is 6.30. The third-order valence-electron chi connectivity index (χ3n) is 3.65. The topological polar surface area (TPSA) is 52.6 Å². The molecule has 3 rings (SSSR count). The molecule has 0 aliphatic carbocycles. The van der Waals surface area contributed by atoms with E-state index >= 15 is 0 Å². The van der Waals surface area contributed by atoms with E-state index in [1.807, 2.05) is 12.1 Å². The number of hydroxylamine groups is 2. The maximum absolute atomic E-state index is 12.4. The molecule has 1 heterocycles. The molecular formula is C15H13ClN2O2-2. The molecule has 4 nitrogen and oxygen atoms in total. The number of benzene rings is 2. The normalized spacial score (nSPS) is 16.4. The highest BCUT2D eigenvalue weighted by Crippen LogP contribution is 2.45. The van der Waals surface area contributed by atoms with E-state index in [-0.39, 0.29) is 0 Å². The van der Waals surface area contributed by atoms with Crippen LogP contribution in [0.3, 0.4) is 0 Å². The quantitative estimate of drug-likeness (QED) is 0.840. The molecule has 1 aliphatic heterocycles. The van der Waals surface area contributed by atoms with Crippen molar-refractivity contribution < 1.29 is 0 Å². The van der Waals surface area contributed by atoms with Gasteiger partial charge in [0.2, 0.25) is 0 Å². The predicted octanol–water partition coefficient (Wildman–Crippen LogP) is 3.92. The van der Waals surface area contributed by atoms with Gasteiger partial charge in [-0.3, -0.25) is 0 Å². The zero-order valence-corrected chi connectivity index (χ0v) is 11.7. The molecular weight excluding hydrogens is 276 g/mol. The molecule has 0 N–H and O–H groups in total. The molecule has 5 heteroatoms. The van der Waals surface area contributed by atoms with Gasteiger partial charge in [-0.05, 0) is 36.8 Å². The van der Waals surface area contributed by atoms with Crippen molar-refractivity contribution in [2.24, 2.45) is 0 Å². The Kier molecular flexibility index (Phi) is 3.09. The van der Waals surface area contributed by atoms with Gasteiger partial charge in [-0.1, -0.05) is 35.9 Å². The van der Waals surface area contributed by atoms with Crippen molar-refractivity contribution in [3.63, 3.8) is 0 Å². The summed E-state index contributed by atoms with van der Waals surface area (Å²) in [4.78, 5) is 0. The fraction of sp³-hybridized carbons (Fsp3) is 0.200. The second-order valence-electron chi connectivity index (χ2n) is 5.10. The van der Waals surface area contributed by atoms with Crippen LogP contribution in [0.25, 0.3) is 0 Å². The number of hydrogen-bond donors (Lipinski definition) is 0. The van der Waals surface area contributed by atoms with E-state index < -0.39 is 5.66 Å². The molecule has 2 aromatic carbocycles. The first-order chi connectivity index (χ1) is 9.52.